The summed E-state index contributed by atoms with van der Waals surface area (Å²) in [5.41, 5.74) is 2.54. The molecule has 4 rings (SSSR count). The van der Waals surface area contributed by atoms with Crippen molar-refractivity contribution >= 4 is 27.5 Å². The lowest BCUT2D eigenvalue weighted by atomic mass is 9.90. The molecule has 0 saturated heterocycles. The summed E-state index contributed by atoms with van der Waals surface area (Å²) >= 11 is 0. The Labute approximate surface area is 176 Å². The molecule has 7 nitrogen and oxygen atoms in total. The van der Waals surface area contributed by atoms with Crippen molar-refractivity contribution in [2.75, 3.05) is 11.9 Å². The first kappa shape index (κ1) is 20.6. The number of hydrogen-bond donors (Lipinski definition) is 2. The van der Waals surface area contributed by atoms with Gasteiger partial charge in [0.1, 0.15) is 0 Å². The molecule has 2 aliphatic rings. The van der Waals surface area contributed by atoms with Gasteiger partial charge in [0.25, 0.3) is 0 Å². The molecule has 1 unspecified atom stereocenters. The summed E-state index contributed by atoms with van der Waals surface area (Å²) in [6, 6.07) is 13.8. The van der Waals surface area contributed by atoms with Crippen LogP contribution < -0.4 is 10.0 Å². The fraction of sp³-hybridized carbons (Fsp3) is 0.364. The molecule has 1 fully saturated rings. The third-order valence-electron chi connectivity index (χ3n) is 5.52. The van der Waals surface area contributed by atoms with Gasteiger partial charge >= 0.3 is 0 Å². The molecule has 30 heavy (non-hydrogen) atoms. The Bertz CT molecular complexity index is 1080. The largest absolute Gasteiger partial charge is 0.335 e. The van der Waals surface area contributed by atoms with Crippen LogP contribution in [0.25, 0.3) is 0 Å². The number of nitrogens with zero attached hydrogens (tertiary/aromatic N) is 1. The highest BCUT2D eigenvalue weighted by molar-refractivity contribution is 7.89. The van der Waals surface area contributed by atoms with Crippen LogP contribution in [-0.2, 0) is 26.0 Å². The molecule has 2 aromatic rings. The van der Waals surface area contributed by atoms with Gasteiger partial charge in [-0.1, -0.05) is 30.3 Å². The zero-order valence-corrected chi connectivity index (χ0v) is 17.6. The number of benzene rings is 2. The quantitative estimate of drug-likeness (QED) is 0.741. The molecule has 158 valence electrons. The van der Waals surface area contributed by atoms with Crippen LogP contribution in [0.5, 0.6) is 0 Å². The number of fused-ring (bicyclic) bond motifs is 1. The van der Waals surface area contributed by atoms with Gasteiger partial charge in [-0.15, -0.1) is 0 Å². The second-order valence-corrected chi connectivity index (χ2v) is 9.57. The molecule has 1 aliphatic carbocycles. The summed E-state index contributed by atoms with van der Waals surface area (Å²) in [4.78, 5) is 26.8. The van der Waals surface area contributed by atoms with E-state index in [1.807, 2.05) is 24.3 Å². The Hall–Kier alpha value is -2.71. The number of carbonyl (C=O) groups excluding carboxylic acids is 2. The van der Waals surface area contributed by atoms with Crippen LogP contribution in [0.15, 0.2) is 53.4 Å². The predicted octanol–water partition coefficient (Wildman–Crippen LogP) is 2.60. The van der Waals surface area contributed by atoms with E-state index in [0.717, 1.165) is 30.4 Å². The summed E-state index contributed by atoms with van der Waals surface area (Å²) in [5.74, 6) is -0.339. The van der Waals surface area contributed by atoms with Gasteiger partial charge in [-0.3, -0.25) is 9.59 Å². The number of amides is 2. The molecule has 8 heteroatoms. The van der Waals surface area contributed by atoms with Crippen LogP contribution in [0.4, 0.5) is 5.69 Å². The lowest BCUT2D eigenvalue weighted by molar-refractivity contribution is -0.132. The molecule has 1 heterocycles. The highest BCUT2D eigenvalue weighted by Gasteiger charge is 2.31. The summed E-state index contributed by atoms with van der Waals surface area (Å²) in [5, 5.41) is 2.79. The van der Waals surface area contributed by atoms with Crippen LogP contribution in [0.1, 0.15) is 43.4 Å². The van der Waals surface area contributed by atoms with Crippen molar-refractivity contribution in [3.05, 3.63) is 59.7 Å². The standard InChI is InChI=1S/C22H25N3O4S/c1-15(26)25-12-11-16-5-2-3-8-20(16)21(25)14-22(27)23-18-6-4-7-19(13-18)30(28,29)24-17-9-10-17/h2-8,13,17,21,24H,9-12,14H2,1H3,(H,23,27). The maximum Gasteiger partial charge on any atom is 0.240 e. The molecule has 2 aromatic carbocycles. The van der Waals surface area contributed by atoms with E-state index in [4.69, 9.17) is 0 Å². The number of hydrogen-bond acceptors (Lipinski definition) is 4. The predicted molar refractivity (Wildman–Crippen MR) is 113 cm³/mol. The van der Waals surface area contributed by atoms with E-state index in [2.05, 4.69) is 10.0 Å². The lowest BCUT2D eigenvalue weighted by Gasteiger charge is -2.36. The van der Waals surface area contributed by atoms with Crippen molar-refractivity contribution < 1.29 is 18.0 Å². The van der Waals surface area contributed by atoms with Crippen molar-refractivity contribution in [1.29, 1.82) is 0 Å². The van der Waals surface area contributed by atoms with Crippen molar-refractivity contribution in [2.24, 2.45) is 0 Å². The Kier molecular flexibility index (Phi) is 5.62. The fourth-order valence-corrected chi connectivity index (χ4v) is 5.22. The lowest BCUT2D eigenvalue weighted by Crippen LogP contribution is -2.40. The molecular formula is C22H25N3O4S. The first-order valence-corrected chi connectivity index (χ1v) is 11.6. The maximum atomic E-state index is 12.8. The Morgan fingerprint density at radius 3 is 2.60 bits per heavy atom. The smallest absolute Gasteiger partial charge is 0.240 e. The average molecular weight is 428 g/mol. The zero-order chi connectivity index (χ0) is 21.3. The fourth-order valence-electron chi connectivity index (χ4n) is 3.87. The van der Waals surface area contributed by atoms with E-state index in [1.165, 1.54) is 19.1 Å². The Morgan fingerprint density at radius 2 is 1.87 bits per heavy atom. The highest BCUT2D eigenvalue weighted by Crippen LogP contribution is 2.32. The van der Waals surface area contributed by atoms with E-state index < -0.39 is 10.0 Å². The summed E-state index contributed by atoms with van der Waals surface area (Å²) in [6.07, 6.45) is 2.58. The van der Waals surface area contributed by atoms with Gasteiger partial charge in [0, 0.05) is 25.2 Å². The minimum Gasteiger partial charge on any atom is -0.335 e. The third kappa shape index (κ3) is 4.55. The second-order valence-electron chi connectivity index (χ2n) is 7.85. The molecule has 1 saturated carbocycles. The van der Waals surface area contributed by atoms with E-state index in [-0.39, 0.29) is 35.2 Å². The Balaban J connectivity index is 1.50. The first-order chi connectivity index (χ1) is 14.3. The molecule has 1 atom stereocenters. The van der Waals surface area contributed by atoms with E-state index >= 15 is 0 Å². The highest BCUT2D eigenvalue weighted by atomic mass is 32.2. The molecule has 1 aliphatic heterocycles. The van der Waals surface area contributed by atoms with Gasteiger partial charge < -0.3 is 10.2 Å². The van der Waals surface area contributed by atoms with Gasteiger partial charge in [0.05, 0.1) is 17.4 Å². The molecule has 0 spiro atoms. The number of sulfonamides is 1. The van der Waals surface area contributed by atoms with E-state index in [9.17, 15) is 18.0 Å². The van der Waals surface area contributed by atoms with E-state index in [1.54, 1.807) is 17.0 Å². The van der Waals surface area contributed by atoms with Crippen molar-refractivity contribution in [3.8, 4) is 0 Å². The molecule has 0 bridgehead atoms. The second kappa shape index (κ2) is 8.20. The maximum absolute atomic E-state index is 12.8. The molecular weight excluding hydrogens is 402 g/mol. The van der Waals surface area contributed by atoms with Crippen molar-refractivity contribution in [1.82, 2.24) is 9.62 Å². The molecule has 0 aromatic heterocycles. The zero-order valence-electron chi connectivity index (χ0n) is 16.8. The van der Waals surface area contributed by atoms with Crippen LogP contribution >= 0.6 is 0 Å². The van der Waals surface area contributed by atoms with Gasteiger partial charge in [0.2, 0.25) is 21.8 Å². The minimum atomic E-state index is -3.60. The first-order valence-electron chi connectivity index (χ1n) is 10.1. The Morgan fingerprint density at radius 1 is 1.10 bits per heavy atom. The number of anilines is 1. The SMILES string of the molecule is CC(=O)N1CCc2ccccc2C1CC(=O)Nc1cccc(S(=O)(=O)NC2CC2)c1. The number of rotatable bonds is 6. The monoisotopic (exact) mass is 427 g/mol. The molecule has 2 N–H and O–H groups in total. The van der Waals surface area contributed by atoms with Crippen LogP contribution in [0, 0.1) is 0 Å². The average Bonchev–Trinajstić information content (AvgIpc) is 3.51. The minimum absolute atomic E-state index is 0.0113. The normalized spacial score (nSPS) is 18.6. The van der Waals surface area contributed by atoms with Crippen LogP contribution in [-0.4, -0.2) is 37.7 Å². The van der Waals surface area contributed by atoms with Gasteiger partial charge in [-0.05, 0) is 48.6 Å². The van der Waals surface area contributed by atoms with Crippen LogP contribution in [0.2, 0.25) is 0 Å². The van der Waals surface area contributed by atoms with Gasteiger partial charge in [0.15, 0.2) is 0 Å². The summed E-state index contributed by atoms with van der Waals surface area (Å²) in [6.45, 7) is 2.09. The molecule has 2 amide bonds. The topological polar surface area (TPSA) is 95.6 Å². The van der Waals surface area contributed by atoms with Gasteiger partial charge in [-0.2, -0.15) is 0 Å². The van der Waals surface area contributed by atoms with Crippen molar-refractivity contribution in [3.63, 3.8) is 0 Å². The van der Waals surface area contributed by atoms with Crippen molar-refractivity contribution in [2.45, 2.75) is 49.6 Å². The molecule has 0 radical (unpaired) electrons. The number of carbonyl (C=O) groups is 2. The number of nitrogens with one attached hydrogen (secondary N) is 2. The summed E-state index contributed by atoms with van der Waals surface area (Å²) in [7, 11) is -3.60. The van der Waals surface area contributed by atoms with Gasteiger partial charge in [-0.25, -0.2) is 13.1 Å². The van der Waals surface area contributed by atoms with Crippen LogP contribution in [0.3, 0.4) is 0 Å². The summed E-state index contributed by atoms with van der Waals surface area (Å²) < 4.78 is 27.5. The third-order valence-corrected chi connectivity index (χ3v) is 7.04. The van der Waals surface area contributed by atoms with E-state index in [0.29, 0.717) is 12.2 Å².